The Morgan fingerprint density at radius 3 is 2.80 bits per heavy atom. The van der Waals surface area contributed by atoms with Crippen LogP contribution in [0.5, 0.6) is 0 Å². The lowest BCUT2D eigenvalue weighted by Gasteiger charge is -2.02. The first-order valence-electron chi connectivity index (χ1n) is 4.61. The van der Waals surface area contributed by atoms with Crippen LogP contribution in [-0.2, 0) is 0 Å². The van der Waals surface area contributed by atoms with Crippen molar-refractivity contribution in [3.8, 4) is 0 Å². The van der Waals surface area contributed by atoms with Crippen LogP contribution in [0.4, 0.5) is 5.82 Å². The van der Waals surface area contributed by atoms with E-state index in [1.54, 1.807) is 24.2 Å². The molecule has 2 aromatic heterocycles. The lowest BCUT2D eigenvalue weighted by atomic mass is 10.5. The second-order valence-corrected chi connectivity index (χ2v) is 3.99. The summed E-state index contributed by atoms with van der Waals surface area (Å²) in [6.07, 6.45) is 3.58. The van der Waals surface area contributed by atoms with Gasteiger partial charge in [0.05, 0.1) is 0 Å². The van der Waals surface area contributed by atoms with Gasteiger partial charge in [-0.25, -0.2) is 9.97 Å². The Kier molecular flexibility index (Phi) is 3.19. The second-order valence-electron chi connectivity index (χ2n) is 2.90. The Morgan fingerprint density at radius 2 is 2.07 bits per heavy atom. The Labute approximate surface area is 93.0 Å². The largest absolute Gasteiger partial charge is 0.373 e. The number of hydrogen-bond donors (Lipinski definition) is 1. The molecule has 0 fully saturated rings. The molecule has 0 saturated heterocycles. The molecule has 2 aromatic rings. The van der Waals surface area contributed by atoms with Crippen LogP contribution in [0.1, 0.15) is 0 Å². The molecule has 76 valence electrons. The van der Waals surface area contributed by atoms with Gasteiger partial charge in [0.15, 0.2) is 0 Å². The summed E-state index contributed by atoms with van der Waals surface area (Å²) in [5.41, 5.74) is 0. The number of pyridine rings is 2. The highest BCUT2D eigenvalue weighted by Gasteiger charge is 1.98. The van der Waals surface area contributed by atoms with Gasteiger partial charge in [0.1, 0.15) is 10.8 Å². The van der Waals surface area contributed by atoms with Gasteiger partial charge in [-0.3, -0.25) is 0 Å². The van der Waals surface area contributed by atoms with Gasteiger partial charge in [0.2, 0.25) is 0 Å². The summed E-state index contributed by atoms with van der Waals surface area (Å²) in [4.78, 5) is 9.54. The van der Waals surface area contributed by atoms with E-state index in [0.717, 1.165) is 15.7 Å². The third-order valence-corrected chi connectivity index (χ3v) is 2.79. The van der Waals surface area contributed by atoms with Gasteiger partial charge in [0.25, 0.3) is 0 Å². The van der Waals surface area contributed by atoms with Gasteiger partial charge in [0, 0.05) is 24.3 Å². The van der Waals surface area contributed by atoms with Crippen molar-refractivity contribution in [2.75, 3.05) is 12.4 Å². The Bertz CT molecular complexity index is 431. The van der Waals surface area contributed by atoms with Crippen LogP contribution >= 0.6 is 11.8 Å². The molecule has 0 atom stereocenters. The van der Waals surface area contributed by atoms with Crippen LogP contribution < -0.4 is 5.32 Å². The Balaban J connectivity index is 2.17. The molecule has 2 heterocycles. The maximum atomic E-state index is 4.25. The van der Waals surface area contributed by atoms with Crippen LogP contribution in [-0.4, -0.2) is 17.0 Å². The first-order valence-corrected chi connectivity index (χ1v) is 5.43. The van der Waals surface area contributed by atoms with Gasteiger partial charge >= 0.3 is 0 Å². The summed E-state index contributed by atoms with van der Waals surface area (Å²) < 4.78 is 0. The minimum atomic E-state index is 0.871. The fourth-order valence-electron chi connectivity index (χ4n) is 1.14. The zero-order chi connectivity index (χ0) is 10.5. The van der Waals surface area contributed by atoms with E-state index >= 15 is 0 Å². The molecule has 2 rings (SSSR count). The summed E-state index contributed by atoms with van der Waals surface area (Å²) in [6.45, 7) is 0. The molecule has 4 heteroatoms. The maximum Gasteiger partial charge on any atom is 0.126 e. The molecule has 3 nitrogen and oxygen atoms in total. The fraction of sp³-hybridized carbons (Fsp3) is 0.0909. The minimum Gasteiger partial charge on any atom is -0.373 e. The molecular formula is C11H11N3S. The molecule has 0 aliphatic rings. The van der Waals surface area contributed by atoms with Crippen molar-refractivity contribution >= 4 is 17.6 Å². The first-order chi connectivity index (χ1) is 7.38. The van der Waals surface area contributed by atoms with Gasteiger partial charge in [-0.05, 0) is 24.3 Å². The van der Waals surface area contributed by atoms with Crippen LogP contribution in [0.25, 0.3) is 0 Å². The van der Waals surface area contributed by atoms with E-state index in [1.165, 1.54) is 0 Å². The number of nitrogens with one attached hydrogen (secondary N) is 1. The first kappa shape index (κ1) is 9.98. The van der Waals surface area contributed by atoms with E-state index in [2.05, 4.69) is 15.3 Å². The van der Waals surface area contributed by atoms with E-state index in [4.69, 9.17) is 0 Å². The summed E-state index contributed by atoms with van der Waals surface area (Å²) in [6, 6.07) is 9.86. The van der Waals surface area contributed by atoms with Crippen LogP contribution in [0.15, 0.2) is 52.6 Å². The van der Waals surface area contributed by atoms with E-state index in [-0.39, 0.29) is 0 Å². The lowest BCUT2D eigenvalue weighted by molar-refractivity contribution is 1.13. The van der Waals surface area contributed by atoms with E-state index in [9.17, 15) is 0 Å². The highest BCUT2D eigenvalue weighted by atomic mass is 32.2. The van der Waals surface area contributed by atoms with Crippen molar-refractivity contribution < 1.29 is 0 Å². The van der Waals surface area contributed by atoms with Crippen molar-refractivity contribution in [1.82, 2.24) is 9.97 Å². The second kappa shape index (κ2) is 4.79. The Hall–Kier alpha value is -1.55. The molecule has 15 heavy (non-hydrogen) atoms. The van der Waals surface area contributed by atoms with Crippen molar-refractivity contribution in [3.63, 3.8) is 0 Å². The normalized spacial score (nSPS) is 9.93. The van der Waals surface area contributed by atoms with Gasteiger partial charge in [-0.15, -0.1) is 0 Å². The summed E-state index contributed by atoms with van der Waals surface area (Å²) in [7, 11) is 1.86. The van der Waals surface area contributed by atoms with E-state index < -0.39 is 0 Å². The average molecular weight is 217 g/mol. The third kappa shape index (κ3) is 2.70. The van der Waals surface area contributed by atoms with E-state index in [1.807, 2.05) is 37.4 Å². The summed E-state index contributed by atoms with van der Waals surface area (Å²) >= 11 is 1.63. The average Bonchev–Trinajstić information content (AvgIpc) is 2.31. The molecule has 0 unspecified atom stereocenters. The van der Waals surface area contributed by atoms with Gasteiger partial charge < -0.3 is 5.32 Å². The summed E-state index contributed by atoms with van der Waals surface area (Å²) in [5, 5.41) is 4.00. The standard InChI is InChI=1S/C11H11N3S/c1-12-10-8-9(5-7-13-10)15-11-4-2-3-6-14-11/h2-8H,1H3,(H,12,13). The minimum absolute atomic E-state index is 0.871. The number of rotatable bonds is 3. The predicted octanol–water partition coefficient (Wildman–Crippen LogP) is 2.67. The topological polar surface area (TPSA) is 37.8 Å². The summed E-state index contributed by atoms with van der Waals surface area (Å²) in [5.74, 6) is 0.871. The van der Waals surface area contributed by atoms with Crippen molar-refractivity contribution in [2.45, 2.75) is 9.92 Å². The number of hydrogen-bond acceptors (Lipinski definition) is 4. The molecule has 0 aliphatic heterocycles. The van der Waals surface area contributed by atoms with Gasteiger partial charge in [-0.1, -0.05) is 17.8 Å². The van der Waals surface area contributed by atoms with Crippen molar-refractivity contribution in [2.24, 2.45) is 0 Å². The number of nitrogens with zero attached hydrogens (tertiary/aromatic N) is 2. The SMILES string of the molecule is CNc1cc(Sc2ccccn2)ccn1. The van der Waals surface area contributed by atoms with Crippen molar-refractivity contribution in [3.05, 3.63) is 42.7 Å². The van der Waals surface area contributed by atoms with Crippen LogP contribution in [0, 0.1) is 0 Å². The Morgan fingerprint density at radius 1 is 1.13 bits per heavy atom. The zero-order valence-corrected chi connectivity index (χ0v) is 9.16. The van der Waals surface area contributed by atoms with Crippen molar-refractivity contribution in [1.29, 1.82) is 0 Å². The zero-order valence-electron chi connectivity index (χ0n) is 8.34. The molecule has 0 bridgehead atoms. The molecule has 0 aromatic carbocycles. The molecular weight excluding hydrogens is 206 g/mol. The monoisotopic (exact) mass is 217 g/mol. The predicted molar refractivity (Wildman–Crippen MR) is 62.1 cm³/mol. The van der Waals surface area contributed by atoms with Gasteiger partial charge in [-0.2, -0.15) is 0 Å². The maximum absolute atomic E-state index is 4.25. The number of aromatic nitrogens is 2. The molecule has 0 amide bonds. The molecule has 0 radical (unpaired) electrons. The smallest absolute Gasteiger partial charge is 0.126 e. The quantitative estimate of drug-likeness (QED) is 0.857. The number of anilines is 1. The highest BCUT2D eigenvalue weighted by Crippen LogP contribution is 2.26. The molecule has 0 aliphatic carbocycles. The molecule has 0 spiro atoms. The van der Waals surface area contributed by atoms with Crippen LogP contribution in [0.2, 0.25) is 0 Å². The van der Waals surface area contributed by atoms with E-state index in [0.29, 0.717) is 0 Å². The fourth-order valence-corrected chi connectivity index (χ4v) is 1.94. The molecule has 0 saturated carbocycles. The van der Waals surface area contributed by atoms with Crippen LogP contribution in [0.3, 0.4) is 0 Å². The third-order valence-electron chi connectivity index (χ3n) is 1.85. The molecule has 1 N–H and O–H groups in total. The lowest BCUT2D eigenvalue weighted by Crippen LogP contribution is -1.91. The highest BCUT2D eigenvalue weighted by molar-refractivity contribution is 7.99.